The molecule has 0 atom stereocenters. The number of benzene rings is 2. The normalized spacial score (nSPS) is 13.2. The third-order valence-corrected chi connectivity index (χ3v) is 4.51. The van der Waals surface area contributed by atoms with Crippen LogP contribution in [0, 0.1) is 11.3 Å². The topological polar surface area (TPSA) is 80.8 Å². The highest BCUT2D eigenvalue weighted by Crippen LogP contribution is 2.42. The smallest absolute Gasteiger partial charge is 0.360 e. The van der Waals surface area contributed by atoms with E-state index >= 15 is 0 Å². The lowest BCUT2D eigenvalue weighted by Gasteiger charge is -2.08. The van der Waals surface area contributed by atoms with Crippen molar-refractivity contribution in [2.24, 2.45) is 0 Å². The highest BCUT2D eigenvalue weighted by atomic mass is 16.5. The van der Waals surface area contributed by atoms with Gasteiger partial charge < -0.3 is 4.74 Å². The molecule has 0 amide bonds. The maximum atomic E-state index is 11.9. The van der Waals surface area contributed by atoms with E-state index in [1.807, 2.05) is 36.4 Å². The number of carbonyl (C=O) groups excluding carboxylic acids is 1. The molecule has 4 rings (SSSR count). The van der Waals surface area contributed by atoms with E-state index in [2.05, 4.69) is 16.4 Å². The van der Waals surface area contributed by atoms with Crippen molar-refractivity contribution in [3.8, 4) is 22.9 Å². The molecule has 0 N–H and O–H groups in total. The van der Waals surface area contributed by atoms with Gasteiger partial charge in [0, 0.05) is 5.92 Å². The fraction of sp³-hybridized carbons (Fsp3) is 0.200. The van der Waals surface area contributed by atoms with Gasteiger partial charge >= 0.3 is 5.97 Å². The quantitative estimate of drug-likeness (QED) is 0.677. The van der Waals surface area contributed by atoms with Gasteiger partial charge in [-0.05, 0) is 48.2 Å². The fourth-order valence-electron chi connectivity index (χ4n) is 2.98. The summed E-state index contributed by atoms with van der Waals surface area (Å²) in [6.07, 6.45) is 2.06. The minimum Gasteiger partial charge on any atom is -0.464 e. The minimum absolute atomic E-state index is 0.297. The van der Waals surface area contributed by atoms with Crippen LogP contribution in [0.25, 0.3) is 16.8 Å². The Morgan fingerprint density at radius 1 is 1.12 bits per heavy atom. The molecular formula is C20H16N4O2. The summed E-state index contributed by atoms with van der Waals surface area (Å²) in [5.41, 5.74) is 4.69. The Balaban J connectivity index is 1.68. The number of carbonyl (C=O) groups is 1. The summed E-state index contributed by atoms with van der Waals surface area (Å²) in [5, 5.41) is 17.1. The number of esters is 1. The van der Waals surface area contributed by atoms with E-state index in [0.717, 1.165) is 35.3 Å². The first-order valence-electron chi connectivity index (χ1n) is 8.36. The van der Waals surface area contributed by atoms with Crippen LogP contribution in [0.2, 0.25) is 0 Å². The predicted octanol–water partition coefficient (Wildman–Crippen LogP) is 3.47. The molecule has 128 valence electrons. The number of nitriles is 1. The molecular weight excluding hydrogens is 328 g/mol. The van der Waals surface area contributed by atoms with Crippen molar-refractivity contribution in [1.82, 2.24) is 15.0 Å². The van der Waals surface area contributed by atoms with Crippen LogP contribution in [0.15, 0.2) is 48.5 Å². The summed E-state index contributed by atoms with van der Waals surface area (Å²) >= 11 is 0. The monoisotopic (exact) mass is 344 g/mol. The maximum absolute atomic E-state index is 11.9. The third kappa shape index (κ3) is 2.84. The highest BCUT2D eigenvalue weighted by Gasteiger charge is 2.34. The van der Waals surface area contributed by atoms with Crippen LogP contribution in [0.1, 0.15) is 40.5 Å². The first kappa shape index (κ1) is 16.0. The van der Waals surface area contributed by atoms with Crippen molar-refractivity contribution < 1.29 is 9.53 Å². The molecule has 1 aromatic heterocycles. The van der Waals surface area contributed by atoms with Gasteiger partial charge in [0.2, 0.25) is 0 Å². The number of aromatic nitrogens is 3. The Morgan fingerprint density at radius 2 is 1.73 bits per heavy atom. The molecule has 3 aromatic rings. The van der Waals surface area contributed by atoms with Crippen molar-refractivity contribution in [3.63, 3.8) is 0 Å². The number of nitrogens with zero attached hydrogens (tertiary/aromatic N) is 4. The van der Waals surface area contributed by atoms with Crippen molar-refractivity contribution >= 4 is 5.97 Å². The molecule has 1 aliphatic rings. The van der Waals surface area contributed by atoms with E-state index in [1.54, 1.807) is 16.8 Å². The summed E-state index contributed by atoms with van der Waals surface area (Å²) in [7, 11) is 1.35. The van der Waals surface area contributed by atoms with Crippen molar-refractivity contribution in [2.75, 3.05) is 7.11 Å². The van der Waals surface area contributed by atoms with E-state index in [-0.39, 0.29) is 0 Å². The van der Waals surface area contributed by atoms with Gasteiger partial charge in [-0.2, -0.15) is 5.26 Å². The zero-order valence-electron chi connectivity index (χ0n) is 14.2. The molecule has 2 aromatic carbocycles. The Hall–Kier alpha value is -3.46. The Labute approximate surface area is 150 Å². The zero-order chi connectivity index (χ0) is 18.1. The Bertz CT molecular complexity index is 994. The number of rotatable bonds is 4. The van der Waals surface area contributed by atoms with Crippen LogP contribution in [-0.4, -0.2) is 28.1 Å². The van der Waals surface area contributed by atoms with Crippen LogP contribution in [0.3, 0.4) is 0 Å². The number of hydrogen-bond donors (Lipinski definition) is 0. The van der Waals surface area contributed by atoms with Crippen LogP contribution in [0.4, 0.5) is 0 Å². The molecule has 6 nitrogen and oxygen atoms in total. The van der Waals surface area contributed by atoms with Crippen LogP contribution in [-0.2, 0) is 4.74 Å². The lowest BCUT2D eigenvalue weighted by molar-refractivity contribution is 0.0592. The zero-order valence-corrected chi connectivity index (χ0v) is 14.2. The van der Waals surface area contributed by atoms with Crippen LogP contribution in [0.5, 0.6) is 0 Å². The first-order valence-corrected chi connectivity index (χ1v) is 8.36. The van der Waals surface area contributed by atoms with E-state index < -0.39 is 5.97 Å². The average Bonchev–Trinajstić information content (AvgIpc) is 3.45. The Kier molecular flexibility index (Phi) is 3.98. The molecule has 1 aliphatic carbocycles. The molecule has 0 aliphatic heterocycles. The fourth-order valence-corrected chi connectivity index (χ4v) is 2.98. The standard InChI is InChI=1S/C20H16N4O2/c1-26-20(25)18-19(16-6-7-16)24(23-22-18)17-10-8-15(9-11-17)14-4-2-13(12-21)3-5-14/h2-5,8-11,16H,6-7H2,1H3. The second-order valence-electron chi connectivity index (χ2n) is 6.24. The lowest BCUT2D eigenvalue weighted by Crippen LogP contribution is -2.07. The van der Waals surface area contributed by atoms with Gasteiger partial charge in [-0.15, -0.1) is 5.10 Å². The molecule has 26 heavy (non-hydrogen) atoms. The van der Waals surface area contributed by atoms with Gasteiger partial charge in [-0.25, -0.2) is 9.48 Å². The van der Waals surface area contributed by atoms with E-state index in [0.29, 0.717) is 17.2 Å². The van der Waals surface area contributed by atoms with Gasteiger partial charge in [-0.3, -0.25) is 0 Å². The molecule has 0 spiro atoms. The van der Waals surface area contributed by atoms with E-state index in [4.69, 9.17) is 10.00 Å². The summed E-state index contributed by atoms with van der Waals surface area (Å²) in [6, 6.07) is 17.5. The third-order valence-electron chi connectivity index (χ3n) is 4.51. The summed E-state index contributed by atoms with van der Waals surface area (Å²) < 4.78 is 6.55. The predicted molar refractivity (Wildman–Crippen MR) is 94.8 cm³/mol. The van der Waals surface area contributed by atoms with Crippen molar-refractivity contribution in [1.29, 1.82) is 5.26 Å². The number of methoxy groups -OCH3 is 1. The van der Waals surface area contributed by atoms with E-state index in [9.17, 15) is 4.79 Å². The van der Waals surface area contributed by atoms with Gasteiger partial charge in [-0.1, -0.05) is 29.5 Å². The molecule has 0 unspecified atom stereocenters. The maximum Gasteiger partial charge on any atom is 0.360 e. The molecule has 1 fully saturated rings. The number of hydrogen-bond acceptors (Lipinski definition) is 5. The van der Waals surface area contributed by atoms with Gasteiger partial charge in [0.05, 0.1) is 30.1 Å². The van der Waals surface area contributed by atoms with Crippen LogP contribution >= 0.6 is 0 Å². The summed E-state index contributed by atoms with van der Waals surface area (Å²) in [6.45, 7) is 0. The highest BCUT2D eigenvalue weighted by molar-refractivity contribution is 5.88. The largest absolute Gasteiger partial charge is 0.464 e. The average molecular weight is 344 g/mol. The van der Waals surface area contributed by atoms with Crippen molar-refractivity contribution in [2.45, 2.75) is 18.8 Å². The Morgan fingerprint density at radius 3 is 2.27 bits per heavy atom. The van der Waals surface area contributed by atoms with Gasteiger partial charge in [0.1, 0.15) is 0 Å². The first-order chi connectivity index (χ1) is 12.7. The van der Waals surface area contributed by atoms with Gasteiger partial charge in [0.25, 0.3) is 0 Å². The van der Waals surface area contributed by atoms with Crippen LogP contribution < -0.4 is 0 Å². The SMILES string of the molecule is COC(=O)c1nnn(-c2ccc(-c3ccc(C#N)cc3)cc2)c1C1CC1. The molecule has 1 saturated carbocycles. The lowest BCUT2D eigenvalue weighted by atomic mass is 10.0. The summed E-state index contributed by atoms with van der Waals surface area (Å²) in [5.74, 6) is -0.148. The molecule has 0 saturated heterocycles. The number of ether oxygens (including phenoxy) is 1. The molecule has 6 heteroatoms. The molecule has 0 bridgehead atoms. The minimum atomic E-state index is -0.452. The molecule has 0 radical (unpaired) electrons. The molecule has 1 heterocycles. The summed E-state index contributed by atoms with van der Waals surface area (Å²) in [4.78, 5) is 11.9. The second kappa shape index (κ2) is 6.45. The van der Waals surface area contributed by atoms with Crippen molar-refractivity contribution in [3.05, 3.63) is 65.5 Å². The second-order valence-corrected chi connectivity index (χ2v) is 6.24. The van der Waals surface area contributed by atoms with Gasteiger partial charge in [0.15, 0.2) is 5.69 Å². The van der Waals surface area contributed by atoms with E-state index in [1.165, 1.54) is 7.11 Å².